The highest BCUT2D eigenvalue weighted by Gasteiger charge is 2.22. The van der Waals surface area contributed by atoms with Gasteiger partial charge in [-0.15, -0.1) is 0 Å². The average molecular weight is 448 g/mol. The smallest absolute Gasteiger partial charge is 0.306 e. The molecular weight excluding hydrogens is 414 g/mol. The Bertz CT molecular complexity index is 994. The zero-order valence-electron chi connectivity index (χ0n) is 19.4. The van der Waals surface area contributed by atoms with Crippen LogP contribution in [0.25, 0.3) is 0 Å². The maximum Gasteiger partial charge on any atom is 0.306 e. The van der Waals surface area contributed by atoms with Crippen LogP contribution in [-0.4, -0.2) is 42.8 Å². The van der Waals surface area contributed by atoms with E-state index in [9.17, 15) is 9.59 Å². The molecule has 2 aliphatic rings. The van der Waals surface area contributed by atoms with Crippen LogP contribution in [-0.2, 0) is 22.4 Å². The number of nitrogens with one attached hydrogen (secondary N) is 1. The molecule has 2 aromatic rings. The Hall–Kier alpha value is -3.15. The number of hydrogen-bond donors (Lipinski definition) is 1. The molecular formula is C27H33N3O3. The molecule has 4 rings (SSSR count). The molecule has 1 amide bonds. The minimum atomic E-state index is -0.131. The summed E-state index contributed by atoms with van der Waals surface area (Å²) in [5.41, 5.74) is 4.89. The molecule has 1 fully saturated rings. The summed E-state index contributed by atoms with van der Waals surface area (Å²) in [6.45, 7) is 4.28. The van der Waals surface area contributed by atoms with Gasteiger partial charge in [0.2, 0.25) is 0 Å². The number of carbonyl (C=O) groups excluding carboxylic acids is 2. The van der Waals surface area contributed by atoms with E-state index in [4.69, 9.17) is 4.74 Å². The molecule has 0 spiro atoms. The number of anilines is 1. The Kier molecular flexibility index (Phi) is 7.76. The lowest BCUT2D eigenvalue weighted by atomic mass is 9.82. The summed E-state index contributed by atoms with van der Waals surface area (Å²) in [5, 5.41) is 9.67. The summed E-state index contributed by atoms with van der Waals surface area (Å²) >= 11 is 0. The molecule has 1 N–H and O–H groups in total. The number of amides is 1. The molecule has 1 heterocycles. The van der Waals surface area contributed by atoms with Crippen molar-refractivity contribution in [3.05, 3.63) is 64.7 Å². The molecule has 174 valence electrons. The Morgan fingerprint density at radius 1 is 1.09 bits per heavy atom. The number of benzene rings is 2. The molecule has 0 saturated carbocycles. The second kappa shape index (κ2) is 11.1. The number of rotatable bonds is 7. The van der Waals surface area contributed by atoms with Crippen LogP contribution in [0.5, 0.6) is 0 Å². The highest BCUT2D eigenvalue weighted by atomic mass is 16.5. The Balaban J connectivity index is 1.35. The van der Waals surface area contributed by atoms with E-state index in [0.29, 0.717) is 24.5 Å². The Morgan fingerprint density at radius 2 is 1.88 bits per heavy atom. The fourth-order valence-electron chi connectivity index (χ4n) is 4.60. The lowest BCUT2D eigenvalue weighted by Crippen LogP contribution is -2.24. The van der Waals surface area contributed by atoms with E-state index in [0.717, 1.165) is 43.6 Å². The van der Waals surface area contributed by atoms with Crippen LogP contribution < -0.4 is 5.32 Å². The van der Waals surface area contributed by atoms with Crippen LogP contribution in [0.4, 0.5) is 5.69 Å². The van der Waals surface area contributed by atoms with Crippen LogP contribution in [0.3, 0.4) is 0 Å². The molecule has 6 heteroatoms. The molecule has 1 aliphatic heterocycles. The number of ether oxygens (including phenoxy) is 1. The zero-order valence-corrected chi connectivity index (χ0v) is 19.4. The first-order chi connectivity index (χ1) is 16.1. The summed E-state index contributed by atoms with van der Waals surface area (Å²) in [6, 6.07) is 13.6. The van der Waals surface area contributed by atoms with Gasteiger partial charge in [-0.05, 0) is 92.3 Å². The predicted octanol–water partition coefficient (Wildman–Crippen LogP) is 4.82. The molecule has 1 saturated heterocycles. The molecule has 6 nitrogen and oxygen atoms in total. The molecule has 1 unspecified atom stereocenters. The van der Waals surface area contributed by atoms with Gasteiger partial charge in [0.05, 0.1) is 12.8 Å². The van der Waals surface area contributed by atoms with E-state index in [2.05, 4.69) is 21.5 Å². The molecule has 2 aromatic carbocycles. The summed E-state index contributed by atoms with van der Waals surface area (Å²) < 4.78 is 5.11. The molecule has 0 radical (unpaired) electrons. The third-order valence-electron chi connectivity index (χ3n) is 6.43. The van der Waals surface area contributed by atoms with E-state index < -0.39 is 0 Å². The van der Waals surface area contributed by atoms with Crippen LogP contribution in [0.2, 0.25) is 0 Å². The quantitative estimate of drug-likeness (QED) is 0.488. The summed E-state index contributed by atoms with van der Waals surface area (Å²) in [4.78, 5) is 24.6. The van der Waals surface area contributed by atoms with E-state index in [1.54, 1.807) is 0 Å². The topological polar surface area (TPSA) is 71.0 Å². The van der Waals surface area contributed by atoms with Crippen LogP contribution in [0.15, 0.2) is 47.6 Å². The highest BCUT2D eigenvalue weighted by Crippen LogP contribution is 2.30. The van der Waals surface area contributed by atoms with Gasteiger partial charge in [0.25, 0.3) is 5.91 Å². The van der Waals surface area contributed by atoms with Gasteiger partial charge in [-0.3, -0.25) is 14.6 Å². The van der Waals surface area contributed by atoms with Crippen molar-refractivity contribution in [1.82, 2.24) is 5.01 Å². The molecule has 1 aliphatic carbocycles. The van der Waals surface area contributed by atoms with E-state index >= 15 is 0 Å². The van der Waals surface area contributed by atoms with Crippen LogP contribution in [0.1, 0.15) is 66.1 Å². The number of hydrogen-bond acceptors (Lipinski definition) is 5. The second-order valence-electron chi connectivity index (χ2n) is 8.94. The van der Waals surface area contributed by atoms with Crippen molar-refractivity contribution in [2.75, 3.05) is 25.0 Å². The van der Waals surface area contributed by atoms with Crippen LogP contribution in [0, 0.1) is 5.92 Å². The van der Waals surface area contributed by atoms with Crippen molar-refractivity contribution >= 4 is 23.8 Å². The SMILES string of the molecule is CCOC(=O)CC1CCc2ccc(NC(=O)c3ccc(/C=N/N4CCCCC4)cc3)cc2C1. The fourth-order valence-corrected chi connectivity index (χ4v) is 4.60. The number of nitrogens with zero attached hydrogens (tertiary/aromatic N) is 2. The second-order valence-corrected chi connectivity index (χ2v) is 8.94. The maximum atomic E-state index is 12.8. The van der Waals surface area contributed by atoms with E-state index in [1.807, 2.05) is 49.5 Å². The van der Waals surface area contributed by atoms with Gasteiger partial charge in [0.1, 0.15) is 0 Å². The van der Waals surface area contributed by atoms with Gasteiger partial charge in [-0.25, -0.2) is 0 Å². The Labute approximate surface area is 196 Å². The van der Waals surface area contributed by atoms with Crippen molar-refractivity contribution in [2.24, 2.45) is 11.0 Å². The lowest BCUT2D eigenvalue weighted by molar-refractivity contribution is -0.144. The average Bonchev–Trinajstić information content (AvgIpc) is 2.83. The predicted molar refractivity (Wildman–Crippen MR) is 131 cm³/mol. The largest absolute Gasteiger partial charge is 0.466 e. The molecule has 1 atom stereocenters. The maximum absolute atomic E-state index is 12.8. The fraction of sp³-hybridized carbons (Fsp3) is 0.444. The third kappa shape index (κ3) is 6.44. The van der Waals surface area contributed by atoms with Gasteiger partial charge < -0.3 is 10.1 Å². The first-order valence-electron chi connectivity index (χ1n) is 12.1. The van der Waals surface area contributed by atoms with E-state index in [-0.39, 0.29) is 11.9 Å². The zero-order chi connectivity index (χ0) is 23.0. The van der Waals surface area contributed by atoms with Crippen molar-refractivity contribution in [3.63, 3.8) is 0 Å². The number of piperidine rings is 1. The molecule has 0 aromatic heterocycles. The van der Waals surface area contributed by atoms with Crippen molar-refractivity contribution in [1.29, 1.82) is 0 Å². The van der Waals surface area contributed by atoms with E-state index in [1.165, 1.54) is 30.4 Å². The summed E-state index contributed by atoms with van der Waals surface area (Å²) in [6.07, 6.45) is 8.78. The summed E-state index contributed by atoms with van der Waals surface area (Å²) in [5.74, 6) is 0.0369. The van der Waals surface area contributed by atoms with Crippen molar-refractivity contribution in [2.45, 2.75) is 51.9 Å². The molecule has 33 heavy (non-hydrogen) atoms. The number of aryl methyl sites for hydroxylation is 1. The lowest BCUT2D eigenvalue weighted by Gasteiger charge is -2.24. The van der Waals surface area contributed by atoms with Crippen molar-refractivity contribution in [3.8, 4) is 0 Å². The minimum absolute atomic E-state index is 0.125. The first kappa shape index (κ1) is 23.0. The minimum Gasteiger partial charge on any atom is -0.466 e. The van der Waals surface area contributed by atoms with Gasteiger partial charge in [0.15, 0.2) is 0 Å². The van der Waals surface area contributed by atoms with Crippen LogP contribution >= 0.6 is 0 Å². The normalized spacial score (nSPS) is 18.1. The number of esters is 1. The van der Waals surface area contributed by atoms with Gasteiger partial charge in [0, 0.05) is 30.8 Å². The third-order valence-corrected chi connectivity index (χ3v) is 6.43. The number of hydrazone groups is 1. The van der Waals surface area contributed by atoms with Gasteiger partial charge >= 0.3 is 5.97 Å². The standard InChI is InChI=1S/C27H33N3O3/c1-2-33-26(31)17-21-8-9-22-12-13-25(18-24(22)16-21)29-27(32)23-10-6-20(7-11-23)19-28-30-14-4-3-5-15-30/h6-7,10-13,18-19,21H,2-5,8-9,14-17H2,1H3,(H,29,32)/b28-19+. The molecule has 0 bridgehead atoms. The number of fused-ring (bicyclic) bond motifs is 1. The Morgan fingerprint density at radius 3 is 2.64 bits per heavy atom. The first-order valence-corrected chi connectivity index (χ1v) is 12.1. The van der Waals surface area contributed by atoms with Crippen molar-refractivity contribution < 1.29 is 14.3 Å². The van der Waals surface area contributed by atoms with Gasteiger partial charge in [-0.1, -0.05) is 18.2 Å². The number of carbonyl (C=O) groups is 2. The summed E-state index contributed by atoms with van der Waals surface area (Å²) in [7, 11) is 0. The highest BCUT2D eigenvalue weighted by molar-refractivity contribution is 6.04. The van der Waals surface area contributed by atoms with Gasteiger partial charge in [-0.2, -0.15) is 5.10 Å². The monoisotopic (exact) mass is 447 g/mol.